The summed E-state index contributed by atoms with van der Waals surface area (Å²) >= 11 is 11.7. The van der Waals surface area contributed by atoms with E-state index in [0.29, 0.717) is 27.8 Å². The lowest BCUT2D eigenvalue weighted by Gasteiger charge is -2.04. The Hall–Kier alpha value is -2.37. The van der Waals surface area contributed by atoms with Gasteiger partial charge in [0.25, 0.3) is 5.91 Å². The first-order chi connectivity index (χ1) is 11.5. The Morgan fingerprint density at radius 1 is 1.17 bits per heavy atom. The highest BCUT2D eigenvalue weighted by molar-refractivity contribution is 6.42. The second-order valence-electron chi connectivity index (χ2n) is 5.14. The lowest BCUT2D eigenvalue weighted by atomic mass is 10.2. The van der Waals surface area contributed by atoms with Crippen molar-refractivity contribution in [1.82, 2.24) is 9.78 Å². The van der Waals surface area contributed by atoms with Gasteiger partial charge >= 0.3 is 0 Å². The fourth-order valence-corrected chi connectivity index (χ4v) is 2.48. The van der Waals surface area contributed by atoms with Crippen molar-refractivity contribution in [2.45, 2.75) is 6.54 Å². The van der Waals surface area contributed by atoms with Gasteiger partial charge in [-0.05, 0) is 35.9 Å². The fraction of sp³-hybridized carbons (Fsp3) is 0.0588. The average Bonchev–Trinajstić information content (AvgIpc) is 2.97. The maximum absolute atomic E-state index is 13.2. The van der Waals surface area contributed by atoms with Gasteiger partial charge in [-0.1, -0.05) is 35.3 Å². The molecule has 3 aromatic rings. The third kappa shape index (κ3) is 3.93. The van der Waals surface area contributed by atoms with E-state index in [-0.39, 0.29) is 11.7 Å². The van der Waals surface area contributed by atoms with Crippen LogP contribution in [0, 0.1) is 5.82 Å². The molecule has 0 radical (unpaired) electrons. The van der Waals surface area contributed by atoms with Gasteiger partial charge in [-0.15, -0.1) is 0 Å². The minimum absolute atomic E-state index is 0.298. The highest BCUT2D eigenvalue weighted by atomic mass is 35.5. The number of carbonyl (C=O) groups excluding carboxylic acids is 1. The number of amides is 1. The zero-order valence-corrected chi connectivity index (χ0v) is 13.9. The van der Waals surface area contributed by atoms with Crippen LogP contribution in [0.1, 0.15) is 15.9 Å². The zero-order chi connectivity index (χ0) is 17.1. The summed E-state index contributed by atoms with van der Waals surface area (Å²) in [5.41, 5.74) is 1.70. The SMILES string of the molecule is O=C(Nc1cnn(Cc2cccc(F)c2)c1)c1ccc(Cl)c(Cl)c1. The highest BCUT2D eigenvalue weighted by Crippen LogP contribution is 2.23. The average molecular weight is 364 g/mol. The van der Waals surface area contributed by atoms with Crippen LogP contribution in [-0.4, -0.2) is 15.7 Å². The number of halogens is 3. The Labute approximate surface area is 147 Å². The Balaban J connectivity index is 1.69. The summed E-state index contributed by atoms with van der Waals surface area (Å²) in [6.45, 7) is 0.403. The molecule has 2 aromatic carbocycles. The predicted molar refractivity (Wildman–Crippen MR) is 92.1 cm³/mol. The summed E-state index contributed by atoms with van der Waals surface area (Å²) in [4.78, 5) is 12.2. The molecule has 0 saturated carbocycles. The molecular weight excluding hydrogens is 352 g/mol. The number of carbonyl (C=O) groups is 1. The predicted octanol–water partition coefficient (Wildman–Crippen LogP) is 4.63. The number of benzene rings is 2. The molecule has 7 heteroatoms. The first-order valence-corrected chi connectivity index (χ1v) is 7.80. The van der Waals surface area contributed by atoms with Crippen molar-refractivity contribution >= 4 is 34.8 Å². The van der Waals surface area contributed by atoms with E-state index in [0.717, 1.165) is 5.56 Å². The van der Waals surface area contributed by atoms with Gasteiger partial charge < -0.3 is 5.32 Å². The van der Waals surface area contributed by atoms with Crippen molar-refractivity contribution < 1.29 is 9.18 Å². The largest absolute Gasteiger partial charge is 0.319 e. The van der Waals surface area contributed by atoms with E-state index < -0.39 is 0 Å². The number of aromatic nitrogens is 2. The molecule has 0 saturated heterocycles. The first-order valence-electron chi connectivity index (χ1n) is 7.04. The van der Waals surface area contributed by atoms with Crippen LogP contribution in [0.15, 0.2) is 54.9 Å². The van der Waals surface area contributed by atoms with Crippen molar-refractivity contribution in [2.75, 3.05) is 5.32 Å². The molecule has 0 aliphatic carbocycles. The maximum atomic E-state index is 13.2. The summed E-state index contributed by atoms with van der Waals surface area (Å²) < 4.78 is 14.8. The number of hydrogen-bond acceptors (Lipinski definition) is 2. The smallest absolute Gasteiger partial charge is 0.255 e. The summed E-state index contributed by atoms with van der Waals surface area (Å²) in [6, 6.07) is 10.9. The second kappa shape index (κ2) is 7.03. The zero-order valence-electron chi connectivity index (χ0n) is 12.3. The van der Waals surface area contributed by atoms with Crippen molar-refractivity contribution in [2.24, 2.45) is 0 Å². The van der Waals surface area contributed by atoms with Gasteiger partial charge in [0.05, 0.1) is 28.5 Å². The molecule has 0 spiro atoms. The molecule has 24 heavy (non-hydrogen) atoms. The molecule has 122 valence electrons. The number of rotatable bonds is 4. The molecule has 4 nitrogen and oxygen atoms in total. The normalized spacial score (nSPS) is 10.6. The molecule has 1 aromatic heterocycles. The minimum Gasteiger partial charge on any atom is -0.319 e. The van der Waals surface area contributed by atoms with Gasteiger partial charge in [-0.25, -0.2) is 4.39 Å². The first kappa shape index (κ1) is 16.5. The van der Waals surface area contributed by atoms with E-state index in [2.05, 4.69) is 10.4 Å². The van der Waals surface area contributed by atoms with Gasteiger partial charge in [0.1, 0.15) is 5.82 Å². The molecule has 1 N–H and O–H groups in total. The molecule has 0 aliphatic rings. The molecule has 0 fully saturated rings. The van der Waals surface area contributed by atoms with Crippen LogP contribution in [0.2, 0.25) is 10.0 Å². The molecule has 3 rings (SSSR count). The van der Waals surface area contributed by atoms with E-state index >= 15 is 0 Å². The van der Waals surface area contributed by atoms with Crippen LogP contribution < -0.4 is 5.32 Å². The molecule has 0 aliphatic heterocycles. The lowest BCUT2D eigenvalue weighted by Crippen LogP contribution is -2.11. The monoisotopic (exact) mass is 363 g/mol. The van der Waals surface area contributed by atoms with Crippen LogP contribution in [0.3, 0.4) is 0 Å². The van der Waals surface area contributed by atoms with Crippen LogP contribution in [0.25, 0.3) is 0 Å². The van der Waals surface area contributed by atoms with E-state index in [9.17, 15) is 9.18 Å². The van der Waals surface area contributed by atoms with Crippen LogP contribution in [-0.2, 0) is 6.54 Å². The Kier molecular flexibility index (Phi) is 4.83. The van der Waals surface area contributed by atoms with Crippen LogP contribution >= 0.6 is 23.2 Å². The minimum atomic E-state index is -0.320. The van der Waals surface area contributed by atoms with Gasteiger partial charge in [-0.2, -0.15) is 5.10 Å². The quantitative estimate of drug-likeness (QED) is 0.734. The Morgan fingerprint density at radius 3 is 2.75 bits per heavy atom. The van der Waals surface area contributed by atoms with Gasteiger partial charge in [0.15, 0.2) is 0 Å². The molecule has 1 heterocycles. The summed E-state index contributed by atoms with van der Waals surface area (Å²) in [5.74, 6) is -0.619. The summed E-state index contributed by atoms with van der Waals surface area (Å²) in [7, 11) is 0. The van der Waals surface area contributed by atoms with Crippen LogP contribution in [0.5, 0.6) is 0 Å². The second-order valence-corrected chi connectivity index (χ2v) is 5.95. The van der Waals surface area contributed by atoms with Gasteiger partial charge in [-0.3, -0.25) is 9.48 Å². The number of nitrogens with one attached hydrogen (secondary N) is 1. The Morgan fingerprint density at radius 2 is 2.00 bits per heavy atom. The van der Waals surface area contributed by atoms with E-state index in [1.165, 1.54) is 24.4 Å². The summed E-state index contributed by atoms with van der Waals surface area (Å²) in [5, 5.41) is 7.57. The maximum Gasteiger partial charge on any atom is 0.255 e. The Bertz CT molecular complexity index is 895. The number of hydrogen-bond donors (Lipinski definition) is 1. The van der Waals surface area contributed by atoms with Gasteiger partial charge in [0.2, 0.25) is 0 Å². The van der Waals surface area contributed by atoms with E-state index in [4.69, 9.17) is 23.2 Å². The highest BCUT2D eigenvalue weighted by Gasteiger charge is 2.10. The lowest BCUT2D eigenvalue weighted by molar-refractivity contribution is 0.102. The van der Waals surface area contributed by atoms with Crippen LogP contribution in [0.4, 0.5) is 10.1 Å². The molecule has 0 bridgehead atoms. The number of nitrogens with zero attached hydrogens (tertiary/aromatic N) is 2. The molecule has 0 atom stereocenters. The number of anilines is 1. The standard InChI is InChI=1S/C17H12Cl2FN3O/c18-15-5-4-12(7-16(15)19)17(24)22-14-8-21-23(10-14)9-11-2-1-3-13(20)6-11/h1-8,10H,9H2,(H,22,24). The summed E-state index contributed by atoms with van der Waals surface area (Å²) in [6.07, 6.45) is 3.19. The van der Waals surface area contributed by atoms with Crippen molar-refractivity contribution in [3.63, 3.8) is 0 Å². The fourth-order valence-electron chi connectivity index (χ4n) is 2.18. The molecular formula is C17H12Cl2FN3O. The van der Waals surface area contributed by atoms with Crippen molar-refractivity contribution in [3.8, 4) is 0 Å². The van der Waals surface area contributed by atoms with Crippen molar-refractivity contribution in [1.29, 1.82) is 0 Å². The van der Waals surface area contributed by atoms with E-state index in [1.807, 2.05) is 0 Å². The third-order valence-corrected chi connectivity index (χ3v) is 4.05. The van der Waals surface area contributed by atoms with Crippen molar-refractivity contribution in [3.05, 3.63) is 81.8 Å². The van der Waals surface area contributed by atoms with E-state index in [1.54, 1.807) is 35.1 Å². The molecule has 1 amide bonds. The van der Waals surface area contributed by atoms with Gasteiger partial charge in [0, 0.05) is 11.8 Å². The third-order valence-electron chi connectivity index (χ3n) is 3.31. The molecule has 0 unspecified atom stereocenters. The topological polar surface area (TPSA) is 46.9 Å².